The summed E-state index contributed by atoms with van der Waals surface area (Å²) < 4.78 is 42.3. The van der Waals surface area contributed by atoms with Gasteiger partial charge in [0.05, 0.1) is 18.2 Å². The molecule has 3 heterocycles. The molecule has 1 saturated heterocycles. The zero-order valence-electron chi connectivity index (χ0n) is 23.2. The molecule has 14 nitrogen and oxygen atoms in total. The van der Waals surface area contributed by atoms with Crippen molar-refractivity contribution in [2.75, 3.05) is 19.1 Å². The van der Waals surface area contributed by atoms with Crippen LogP contribution in [-0.2, 0) is 33.5 Å². The van der Waals surface area contributed by atoms with Crippen LogP contribution in [-0.4, -0.2) is 62.5 Å². The summed E-state index contributed by atoms with van der Waals surface area (Å²) in [7, 11) is -4.49. The molecule has 1 fully saturated rings. The molecular weight excluding hydrogens is 569 g/mol. The smallest absolute Gasteiger partial charge is 0.438 e. The molecule has 0 amide bonds. The molecule has 0 spiro atoms. The second-order valence-corrected chi connectivity index (χ2v) is 11.3. The molecule has 5 atom stereocenters. The average molecular weight is 604 g/mol. The predicted octanol–water partition coefficient (Wildman–Crippen LogP) is 3.09. The van der Waals surface area contributed by atoms with E-state index in [9.17, 15) is 24.8 Å². The lowest BCUT2D eigenvalue weighted by atomic mass is 9.92. The van der Waals surface area contributed by atoms with Gasteiger partial charge < -0.3 is 29.9 Å². The first-order valence-corrected chi connectivity index (χ1v) is 15.0. The number of nitriles is 1. The summed E-state index contributed by atoms with van der Waals surface area (Å²) in [6, 6.07) is 13.0. The number of aromatic nitrogens is 3. The van der Waals surface area contributed by atoms with Gasteiger partial charge in [-0.15, -0.1) is 0 Å². The number of carbonyl (C=O) groups is 1. The molecule has 4 N–H and O–H groups in total. The van der Waals surface area contributed by atoms with Crippen LogP contribution in [0, 0.1) is 17.2 Å². The van der Waals surface area contributed by atoms with Crippen molar-refractivity contribution in [2.45, 2.75) is 63.4 Å². The number of carbonyl (C=O) groups excluding carboxylic acids is 1. The van der Waals surface area contributed by atoms with Gasteiger partial charge in [-0.25, -0.2) is 18.6 Å². The van der Waals surface area contributed by atoms with E-state index < -0.39 is 51.1 Å². The van der Waals surface area contributed by atoms with Crippen molar-refractivity contribution >= 4 is 25.1 Å². The van der Waals surface area contributed by atoms with Crippen LogP contribution in [0.4, 0.5) is 5.82 Å². The van der Waals surface area contributed by atoms with Crippen LogP contribution in [0.2, 0.25) is 0 Å². The van der Waals surface area contributed by atoms with Crippen LogP contribution in [0.3, 0.4) is 0 Å². The first-order chi connectivity index (χ1) is 20.2. The van der Waals surface area contributed by atoms with E-state index in [-0.39, 0.29) is 23.2 Å². The molecule has 0 saturated carbocycles. The summed E-state index contributed by atoms with van der Waals surface area (Å²) in [6.07, 6.45) is -0.743. The van der Waals surface area contributed by atoms with E-state index in [4.69, 9.17) is 28.8 Å². The fourth-order valence-electron chi connectivity index (χ4n) is 4.76. The third-order valence-electron chi connectivity index (χ3n) is 6.86. The Morgan fingerprint density at radius 2 is 1.90 bits per heavy atom. The number of hydrogen-bond donors (Lipinski definition) is 3. The molecule has 0 aliphatic carbocycles. The fraction of sp³-hybridized carbons (Fsp3) is 0.481. The van der Waals surface area contributed by atoms with Gasteiger partial charge in [0.25, 0.3) is 0 Å². The van der Waals surface area contributed by atoms with Gasteiger partial charge in [-0.3, -0.25) is 9.32 Å². The van der Waals surface area contributed by atoms with Crippen molar-refractivity contribution < 1.29 is 42.6 Å². The third-order valence-corrected chi connectivity index (χ3v) is 8.18. The van der Waals surface area contributed by atoms with Crippen LogP contribution in [0.5, 0.6) is 5.75 Å². The Balaban J connectivity index is 1.50. The summed E-state index contributed by atoms with van der Waals surface area (Å²) in [5.74, 6) is -0.555. The third kappa shape index (κ3) is 6.57. The molecule has 3 aromatic rings. The van der Waals surface area contributed by atoms with Gasteiger partial charge in [0.2, 0.25) is 12.4 Å². The highest BCUT2D eigenvalue weighted by Gasteiger charge is 2.58. The largest absolute Gasteiger partial charge is 0.533 e. The van der Waals surface area contributed by atoms with E-state index in [1.807, 2.05) is 19.9 Å². The number of rotatable bonds is 14. The number of benzene rings is 1. The zero-order valence-corrected chi connectivity index (χ0v) is 24.1. The second-order valence-electron chi connectivity index (χ2n) is 9.73. The quantitative estimate of drug-likeness (QED) is 0.138. The highest BCUT2D eigenvalue weighted by atomic mass is 31.2. The van der Waals surface area contributed by atoms with Gasteiger partial charge in [0.15, 0.2) is 5.82 Å². The van der Waals surface area contributed by atoms with Crippen LogP contribution >= 0.6 is 7.82 Å². The monoisotopic (exact) mass is 603 g/mol. The number of hydrogen-bond acceptors (Lipinski definition) is 13. The normalized spacial score (nSPS) is 23.5. The number of nitrogen functional groups attached to an aromatic ring is 1. The highest BCUT2D eigenvalue weighted by Crippen LogP contribution is 2.51. The standard InChI is InChI=1S/C27H34N5O9P/c1-3-8-18(9-4-2)26(35)37-17-39-42(36,41-19-10-6-5-7-11-19)38-14-21-23(33)24(34)27(15-28,40-21)22-13-12-20-25(29)30-16-31-32(20)22/h5-7,10-13,16,18,21,23-24,33-34H,3-4,8-9,14,17H2,1-2H3,(H2,29,30,31)/t21-,23-,24-,27+,42-/m1/s1. The van der Waals surface area contributed by atoms with Crippen molar-refractivity contribution in [2.24, 2.45) is 5.92 Å². The van der Waals surface area contributed by atoms with Crippen LogP contribution in [0.1, 0.15) is 45.2 Å². The average Bonchev–Trinajstić information content (AvgIpc) is 3.53. The molecule has 0 unspecified atom stereocenters. The number of ether oxygens (including phenoxy) is 2. The maximum Gasteiger partial charge on any atom is 0.533 e. The first kappa shape index (κ1) is 31.4. The van der Waals surface area contributed by atoms with Crippen molar-refractivity contribution in [3.8, 4) is 11.8 Å². The fourth-order valence-corrected chi connectivity index (χ4v) is 5.83. The number of nitrogens with zero attached hydrogens (tertiary/aromatic N) is 4. The number of fused-ring (bicyclic) bond motifs is 1. The molecule has 226 valence electrons. The maximum atomic E-state index is 13.6. The Morgan fingerprint density at radius 1 is 1.19 bits per heavy atom. The van der Waals surface area contributed by atoms with E-state index in [1.54, 1.807) is 24.3 Å². The Kier molecular flexibility index (Phi) is 10.2. The summed E-state index contributed by atoms with van der Waals surface area (Å²) in [4.78, 5) is 16.4. The van der Waals surface area contributed by atoms with Gasteiger partial charge in [-0.1, -0.05) is 44.9 Å². The van der Waals surface area contributed by atoms with E-state index in [1.165, 1.54) is 29.0 Å². The Bertz CT molecular complexity index is 1440. The van der Waals surface area contributed by atoms with Gasteiger partial charge in [-0.2, -0.15) is 10.4 Å². The number of para-hydroxylation sites is 1. The Labute approximate surface area is 242 Å². The van der Waals surface area contributed by atoms with Gasteiger partial charge in [0.1, 0.15) is 42.0 Å². The molecule has 1 aliphatic rings. The van der Waals surface area contributed by atoms with Crippen LogP contribution in [0.25, 0.3) is 5.52 Å². The molecular formula is C27H34N5O9P. The number of anilines is 1. The molecule has 1 aliphatic heterocycles. The van der Waals surface area contributed by atoms with Crippen molar-refractivity contribution in [3.63, 3.8) is 0 Å². The predicted molar refractivity (Wildman–Crippen MR) is 148 cm³/mol. The molecule has 4 rings (SSSR count). The maximum absolute atomic E-state index is 13.6. The van der Waals surface area contributed by atoms with Crippen molar-refractivity contribution in [3.05, 3.63) is 54.5 Å². The molecule has 1 aromatic carbocycles. The SMILES string of the molecule is CCCC(CCC)C(=O)OCO[P@@](=O)(OC[C@H]1O[C@@](C#N)(c2ccc3c(N)ncnn23)[C@H](O)[C@@H]1O)Oc1ccccc1. The summed E-state index contributed by atoms with van der Waals surface area (Å²) in [5, 5.41) is 36.0. The topological polar surface area (TPSA) is 201 Å². The number of nitrogens with two attached hydrogens (primary N) is 1. The van der Waals surface area contributed by atoms with E-state index in [2.05, 4.69) is 10.1 Å². The first-order valence-electron chi connectivity index (χ1n) is 13.5. The highest BCUT2D eigenvalue weighted by molar-refractivity contribution is 7.48. The lowest BCUT2D eigenvalue weighted by molar-refractivity contribution is -0.156. The number of phosphoric ester groups is 1. The minimum atomic E-state index is -4.49. The van der Waals surface area contributed by atoms with Gasteiger partial charge >= 0.3 is 13.8 Å². The number of phosphoric acid groups is 1. The van der Waals surface area contributed by atoms with E-state index in [0.717, 1.165) is 12.8 Å². The molecule has 0 bridgehead atoms. The molecule has 0 radical (unpaired) electrons. The summed E-state index contributed by atoms with van der Waals surface area (Å²) in [6.45, 7) is 2.57. The van der Waals surface area contributed by atoms with Crippen molar-refractivity contribution in [1.82, 2.24) is 14.6 Å². The van der Waals surface area contributed by atoms with E-state index in [0.29, 0.717) is 18.4 Å². The number of aliphatic hydroxyl groups is 2. The minimum Gasteiger partial charge on any atom is -0.438 e. The summed E-state index contributed by atoms with van der Waals surface area (Å²) in [5.41, 5.74) is 4.24. The summed E-state index contributed by atoms with van der Waals surface area (Å²) >= 11 is 0. The van der Waals surface area contributed by atoms with Crippen LogP contribution < -0.4 is 10.3 Å². The zero-order chi connectivity index (χ0) is 30.3. The molecule has 42 heavy (non-hydrogen) atoms. The molecule has 2 aromatic heterocycles. The lowest BCUT2D eigenvalue weighted by Gasteiger charge is -2.24. The van der Waals surface area contributed by atoms with E-state index >= 15 is 0 Å². The molecule has 15 heteroatoms. The minimum absolute atomic E-state index is 0.0868. The Hall–Kier alpha value is -3.57. The lowest BCUT2D eigenvalue weighted by Crippen LogP contribution is -2.41. The second kappa shape index (κ2) is 13.6. The van der Waals surface area contributed by atoms with Crippen LogP contribution in [0.15, 0.2) is 48.8 Å². The Morgan fingerprint density at radius 3 is 2.57 bits per heavy atom. The van der Waals surface area contributed by atoms with Gasteiger partial charge in [-0.05, 0) is 37.1 Å². The number of esters is 1. The van der Waals surface area contributed by atoms with Gasteiger partial charge in [0, 0.05) is 0 Å². The van der Waals surface area contributed by atoms with Crippen molar-refractivity contribution in [1.29, 1.82) is 5.26 Å². The number of aliphatic hydroxyl groups excluding tert-OH is 2.